The molecule has 1 atom stereocenters. The quantitative estimate of drug-likeness (QED) is 0.566. The molecule has 4 rings (SSSR count). The van der Waals surface area contributed by atoms with Crippen molar-refractivity contribution in [1.82, 2.24) is 15.1 Å². The van der Waals surface area contributed by atoms with Gasteiger partial charge in [-0.2, -0.15) is 0 Å². The Morgan fingerprint density at radius 1 is 1.10 bits per heavy atom. The Labute approximate surface area is 203 Å². The van der Waals surface area contributed by atoms with Gasteiger partial charge in [0.2, 0.25) is 5.91 Å². The lowest BCUT2D eigenvalue weighted by Crippen LogP contribution is -2.49. The second-order valence-electron chi connectivity index (χ2n) is 7.72. The van der Waals surface area contributed by atoms with E-state index in [0.29, 0.717) is 13.0 Å². The molecule has 1 aliphatic heterocycles. The zero-order valence-corrected chi connectivity index (χ0v) is 21.4. The van der Waals surface area contributed by atoms with E-state index < -0.39 is 0 Å². The number of Topliss-reactive ketones (excluding diaryl/α,β-unsaturated/α-hetero) is 1. The lowest BCUT2D eigenvalue weighted by molar-refractivity contribution is -0.123. The monoisotopic (exact) mass is 575 g/mol. The summed E-state index contributed by atoms with van der Waals surface area (Å²) in [4.78, 5) is 29.5. The van der Waals surface area contributed by atoms with Crippen LogP contribution in [0.2, 0.25) is 0 Å². The number of carbonyl (C=O) groups is 2. The van der Waals surface area contributed by atoms with E-state index in [0.717, 1.165) is 51.4 Å². The van der Waals surface area contributed by atoms with E-state index in [1.165, 1.54) is 22.5 Å². The molecule has 1 fully saturated rings. The number of hydrogen-bond donors (Lipinski definition) is 1. The van der Waals surface area contributed by atoms with Gasteiger partial charge in [-0.1, -0.05) is 29.8 Å². The van der Waals surface area contributed by atoms with Crippen LogP contribution in [0.1, 0.15) is 39.5 Å². The molecular weight excluding hydrogens is 554 g/mol. The lowest BCUT2D eigenvalue weighted by Gasteiger charge is -2.34. The van der Waals surface area contributed by atoms with E-state index in [1.807, 2.05) is 0 Å². The maximum absolute atomic E-state index is 12.6. The molecule has 2 aromatic rings. The number of nitrogens with zero attached hydrogens (tertiary/aromatic N) is 2. The maximum atomic E-state index is 12.6. The molecule has 162 valence electrons. The first-order chi connectivity index (χ1) is 13.9. The van der Waals surface area contributed by atoms with Crippen LogP contribution in [0.3, 0.4) is 0 Å². The van der Waals surface area contributed by atoms with E-state index in [9.17, 15) is 9.59 Å². The van der Waals surface area contributed by atoms with E-state index in [2.05, 4.69) is 78.2 Å². The Balaban J connectivity index is 0.00000256. The number of fused-ring (bicyclic) bond motifs is 1. The summed E-state index contributed by atoms with van der Waals surface area (Å²) in [6.07, 6.45) is 0.339. The zero-order valence-electron chi connectivity index (χ0n) is 16.6. The molecule has 9 heteroatoms. The molecule has 0 bridgehead atoms. The van der Waals surface area contributed by atoms with Crippen molar-refractivity contribution in [2.45, 2.75) is 25.9 Å². The third-order valence-electron chi connectivity index (χ3n) is 5.57. The highest BCUT2D eigenvalue weighted by Gasteiger charge is 2.36. The average molecular weight is 578 g/mol. The second-order valence-corrected chi connectivity index (χ2v) is 11.4. The number of ketones is 1. The molecule has 5 nitrogen and oxygen atoms in total. The molecular formula is C21H24Br2ClN3O2S. The number of carbonyl (C=O) groups excluding carboxylic acids is 2. The van der Waals surface area contributed by atoms with Gasteiger partial charge < -0.3 is 5.32 Å². The van der Waals surface area contributed by atoms with Gasteiger partial charge in [0.25, 0.3) is 0 Å². The lowest BCUT2D eigenvalue weighted by atomic mass is 10.1. The van der Waals surface area contributed by atoms with Gasteiger partial charge in [-0.05, 0) is 44.3 Å². The van der Waals surface area contributed by atoms with Crippen LogP contribution in [0.5, 0.6) is 0 Å². The predicted molar refractivity (Wildman–Crippen MR) is 130 cm³/mol. The van der Waals surface area contributed by atoms with Crippen LogP contribution in [-0.4, -0.2) is 54.2 Å². The summed E-state index contributed by atoms with van der Waals surface area (Å²) in [7, 11) is 0. The Bertz CT molecular complexity index is 927. The Morgan fingerprint density at radius 3 is 2.40 bits per heavy atom. The minimum absolute atomic E-state index is 0. The minimum atomic E-state index is -0.232. The number of hydrogen-bond acceptors (Lipinski definition) is 5. The van der Waals surface area contributed by atoms with Gasteiger partial charge in [0.05, 0.1) is 20.2 Å². The molecule has 1 N–H and O–H groups in total. The summed E-state index contributed by atoms with van der Waals surface area (Å²) in [5.74, 6) is 0.0701. The van der Waals surface area contributed by atoms with Crippen LogP contribution < -0.4 is 5.32 Å². The van der Waals surface area contributed by atoms with Crippen molar-refractivity contribution in [2.75, 3.05) is 32.7 Å². The van der Waals surface area contributed by atoms with Crippen LogP contribution in [-0.2, 0) is 11.3 Å². The molecule has 0 saturated carbocycles. The van der Waals surface area contributed by atoms with Crippen LogP contribution >= 0.6 is 55.6 Å². The van der Waals surface area contributed by atoms with Crippen LogP contribution in [0.4, 0.5) is 0 Å². The van der Waals surface area contributed by atoms with Crippen LogP contribution in [0.15, 0.2) is 31.8 Å². The fourth-order valence-corrected chi connectivity index (χ4v) is 7.34. The molecule has 1 aliphatic carbocycles. The number of rotatable bonds is 5. The standard InChI is InChI=1S/C21H23Br2N3O2S.ClH/c1-13-2-4-14(5-3-13)11-25-6-8-26(9-7-25)12-17(28)24-15-10-16(27)19-18(15)20(22)29-21(19)23;/h2-5,15H,6-12H2,1H3,(H,24,28);1H. The largest absolute Gasteiger partial charge is 0.348 e. The molecule has 2 heterocycles. The number of nitrogens with one attached hydrogen (secondary N) is 1. The first-order valence-electron chi connectivity index (χ1n) is 9.71. The zero-order chi connectivity index (χ0) is 20.5. The molecule has 1 aromatic carbocycles. The van der Waals surface area contributed by atoms with Gasteiger partial charge in [-0.25, -0.2) is 0 Å². The summed E-state index contributed by atoms with van der Waals surface area (Å²) in [6, 6.07) is 8.45. The Morgan fingerprint density at radius 2 is 1.73 bits per heavy atom. The topological polar surface area (TPSA) is 52.6 Å². The molecule has 0 radical (unpaired) electrons. The van der Waals surface area contributed by atoms with Gasteiger partial charge in [-0.3, -0.25) is 19.4 Å². The highest BCUT2D eigenvalue weighted by atomic mass is 79.9. The summed E-state index contributed by atoms with van der Waals surface area (Å²) < 4.78 is 1.76. The predicted octanol–water partition coefficient (Wildman–Crippen LogP) is 4.56. The van der Waals surface area contributed by atoms with Gasteiger partial charge in [0.15, 0.2) is 5.78 Å². The number of benzene rings is 1. The SMILES string of the molecule is Cc1ccc(CN2CCN(CC(=O)NC3CC(=O)c4c(Br)sc(Br)c43)CC2)cc1.Cl. The normalized spacial score (nSPS) is 19.4. The summed E-state index contributed by atoms with van der Waals surface area (Å²) >= 11 is 8.48. The first kappa shape index (κ1) is 23.9. The minimum Gasteiger partial charge on any atom is -0.348 e. The van der Waals surface area contributed by atoms with E-state index in [4.69, 9.17) is 0 Å². The smallest absolute Gasteiger partial charge is 0.234 e. The highest BCUT2D eigenvalue weighted by molar-refractivity contribution is 9.12. The molecule has 1 aromatic heterocycles. The maximum Gasteiger partial charge on any atom is 0.234 e. The summed E-state index contributed by atoms with van der Waals surface area (Å²) in [5, 5.41) is 3.06. The fourth-order valence-electron chi connectivity index (χ4n) is 3.97. The van der Waals surface area contributed by atoms with Crippen molar-refractivity contribution >= 4 is 67.3 Å². The van der Waals surface area contributed by atoms with Gasteiger partial charge >= 0.3 is 0 Å². The molecule has 1 saturated heterocycles. The van der Waals surface area contributed by atoms with E-state index in [1.54, 1.807) is 0 Å². The molecule has 1 amide bonds. The Hall–Kier alpha value is -0.770. The van der Waals surface area contributed by atoms with Crippen molar-refractivity contribution < 1.29 is 9.59 Å². The third kappa shape index (κ3) is 5.34. The number of aryl methyl sites for hydroxylation is 1. The molecule has 2 aliphatic rings. The van der Waals surface area contributed by atoms with Gasteiger partial charge in [0.1, 0.15) is 0 Å². The number of piperazine rings is 1. The van der Waals surface area contributed by atoms with Crippen molar-refractivity contribution in [3.05, 3.63) is 54.1 Å². The molecule has 0 spiro atoms. The number of thiophene rings is 1. The summed E-state index contributed by atoms with van der Waals surface area (Å²) in [6.45, 7) is 7.09. The van der Waals surface area contributed by atoms with Gasteiger partial charge in [0, 0.05) is 50.3 Å². The van der Waals surface area contributed by atoms with E-state index >= 15 is 0 Å². The summed E-state index contributed by atoms with van der Waals surface area (Å²) in [5.41, 5.74) is 4.25. The highest BCUT2D eigenvalue weighted by Crippen LogP contribution is 2.46. The molecule has 30 heavy (non-hydrogen) atoms. The second kappa shape index (κ2) is 10.2. The van der Waals surface area contributed by atoms with Crippen LogP contribution in [0.25, 0.3) is 0 Å². The average Bonchev–Trinajstić information content (AvgIpc) is 3.16. The Kier molecular flexibility index (Phi) is 8.15. The number of halogens is 3. The fraction of sp³-hybridized carbons (Fsp3) is 0.429. The van der Waals surface area contributed by atoms with Crippen LogP contribution in [0, 0.1) is 6.92 Å². The number of amides is 1. The molecule has 1 unspecified atom stereocenters. The van der Waals surface area contributed by atoms with Crippen molar-refractivity contribution in [3.8, 4) is 0 Å². The van der Waals surface area contributed by atoms with E-state index in [-0.39, 0.29) is 30.1 Å². The van der Waals surface area contributed by atoms with Crippen molar-refractivity contribution in [2.24, 2.45) is 0 Å². The third-order valence-corrected chi connectivity index (χ3v) is 8.15. The van der Waals surface area contributed by atoms with Gasteiger partial charge in [-0.15, -0.1) is 23.7 Å². The van der Waals surface area contributed by atoms with Crippen molar-refractivity contribution in [3.63, 3.8) is 0 Å². The first-order valence-corrected chi connectivity index (χ1v) is 12.1. The van der Waals surface area contributed by atoms with Crippen molar-refractivity contribution in [1.29, 1.82) is 0 Å².